The Hall–Kier alpha value is -2.18. The van der Waals surface area contributed by atoms with Crippen LogP contribution in [0.3, 0.4) is 0 Å². The molecular weight excluding hydrogens is 266 g/mol. The maximum atomic E-state index is 4.66. The Morgan fingerprint density at radius 2 is 1.86 bits per heavy atom. The zero-order chi connectivity index (χ0) is 15.6. The molecule has 2 rings (SSSR count). The first kappa shape index (κ1) is 15.2. The first-order chi connectivity index (χ1) is 9.82. The summed E-state index contributed by atoms with van der Waals surface area (Å²) in [5, 5.41) is 14.4. The molecule has 21 heavy (non-hydrogen) atoms. The molecule has 7 nitrogen and oxygen atoms in total. The van der Waals surface area contributed by atoms with E-state index in [0.29, 0.717) is 6.54 Å². The van der Waals surface area contributed by atoms with Gasteiger partial charge in [0.15, 0.2) is 5.82 Å². The third-order valence-corrected chi connectivity index (χ3v) is 3.27. The maximum Gasteiger partial charge on any atom is 0.151 e. The molecule has 0 unspecified atom stereocenters. The number of hydrogen-bond acceptors (Lipinski definition) is 6. The molecule has 2 aromatic rings. The average molecular weight is 289 g/mol. The molecule has 0 aliphatic rings. The van der Waals surface area contributed by atoms with Crippen molar-refractivity contribution in [1.29, 1.82) is 0 Å². The van der Waals surface area contributed by atoms with Gasteiger partial charge in [0.1, 0.15) is 23.8 Å². The highest BCUT2D eigenvalue weighted by atomic mass is 15.3. The predicted octanol–water partition coefficient (Wildman–Crippen LogP) is 1.86. The van der Waals surface area contributed by atoms with Crippen LogP contribution >= 0.6 is 0 Å². The quantitative estimate of drug-likeness (QED) is 0.894. The second-order valence-corrected chi connectivity index (χ2v) is 6.08. The van der Waals surface area contributed by atoms with Gasteiger partial charge in [-0.1, -0.05) is 20.8 Å². The lowest BCUT2D eigenvalue weighted by molar-refractivity contribution is 0.546. The fourth-order valence-corrected chi connectivity index (χ4v) is 1.90. The van der Waals surface area contributed by atoms with Crippen LogP contribution in [-0.2, 0) is 19.0 Å². The van der Waals surface area contributed by atoms with Crippen LogP contribution in [0, 0.1) is 6.92 Å². The van der Waals surface area contributed by atoms with Crippen molar-refractivity contribution in [2.45, 2.75) is 39.7 Å². The van der Waals surface area contributed by atoms with Crippen molar-refractivity contribution in [3.63, 3.8) is 0 Å². The molecule has 114 valence electrons. The van der Waals surface area contributed by atoms with Crippen LogP contribution in [0.25, 0.3) is 0 Å². The molecule has 0 aromatic carbocycles. The number of aromatic nitrogens is 5. The zero-order valence-electron chi connectivity index (χ0n) is 13.5. The van der Waals surface area contributed by atoms with Crippen LogP contribution in [0.2, 0.25) is 0 Å². The van der Waals surface area contributed by atoms with E-state index in [1.54, 1.807) is 6.33 Å². The standard InChI is InChI=1S/C14H23N7/c1-9-11(15-5)18-13(14(2,3)4)19-12(9)16-7-10-20-17-8-21(10)6/h8H,7H2,1-6H3,(H2,15,16,18,19). The van der Waals surface area contributed by atoms with Crippen LogP contribution in [0.1, 0.15) is 38.0 Å². The minimum Gasteiger partial charge on any atom is -0.373 e. The lowest BCUT2D eigenvalue weighted by atomic mass is 9.95. The Bertz CT molecular complexity index is 625. The van der Waals surface area contributed by atoms with E-state index >= 15 is 0 Å². The monoisotopic (exact) mass is 289 g/mol. The molecule has 0 saturated heterocycles. The van der Waals surface area contributed by atoms with Crippen molar-refractivity contribution in [2.24, 2.45) is 7.05 Å². The summed E-state index contributed by atoms with van der Waals surface area (Å²) in [5.74, 6) is 3.33. The van der Waals surface area contributed by atoms with Crippen LogP contribution in [-0.4, -0.2) is 31.8 Å². The van der Waals surface area contributed by atoms with Gasteiger partial charge in [-0.05, 0) is 6.92 Å². The van der Waals surface area contributed by atoms with Gasteiger partial charge in [-0.3, -0.25) is 0 Å². The SMILES string of the molecule is CNc1nc(C(C)(C)C)nc(NCc2nncn2C)c1C. The van der Waals surface area contributed by atoms with Crippen molar-refractivity contribution in [3.8, 4) is 0 Å². The Kier molecular flexibility index (Phi) is 4.11. The molecule has 0 fully saturated rings. The number of nitrogens with zero attached hydrogens (tertiary/aromatic N) is 5. The normalized spacial score (nSPS) is 11.5. The van der Waals surface area contributed by atoms with Gasteiger partial charge in [-0.25, -0.2) is 9.97 Å². The molecule has 7 heteroatoms. The van der Waals surface area contributed by atoms with Crippen molar-refractivity contribution in [3.05, 3.63) is 23.5 Å². The largest absolute Gasteiger partial charge is 0.373 e. The van der Waals surface area contributed by atoms with Crippen molar-refractivity contribution in [1.82, 2.24) is 24.7 Å². The number of rotatable bonds is 4. The van der Waals surface area contributed by atoms with E-state index in [4.69, 9.17) is 0 Å². The smallest absolute Gasteiger partial charge is 0.151 e. The highest BCUT2D eigenvalue weighted by Gasteiger charge is 2.21. The summed E-state index contributed by atoms with van der Waals surface area (Å²) in [6, 6.07) is 0. The van der Waals surface area contributed by atoms with Crippen molar-refractivity contribution < 1.29 is 0 Å². The van der Waals surface area contributed by atoms with Crippen LogP contribution in [0.4, 0.5) is 11.6 Å². The van der Waals surface area contributed by atoms with Crippen LogP contribution in [0.15, 0.2) is 6.33 Å². The van der Waals surface area contributed by atoms with Crippen LogP contribution in [0.5, 0.6) is 0 Å². The average Bonchev–Trinajstić information content (AvgIpc) is 2.82. The van der Waals surface area contributed by atoms with E-state index in [2.05, 4.69) is 51.6 Å². The van der Waals surface area contributed by atoms with Gasteiger partial charge in [0.05, 0.1) is 6.54 Å². The molecule has 0 amide bonds. The van der Waals surface area contributed by atoms with E-state index in [1.807, 2.05) is 25.6 Å². The molecule has 2 N–H and O–H groups in total. The van der Waals surface area contributed by atoms with Gasteiger partial charge in [0, 0.05) is 25.1 Å². The minimum absolute atomic E-state index is 0.111. The Labute approximate surface area is 125 Å². The first-order valence-electron chi connectivity index (χ1n) is 6.96. The third kappa shape index (κ3) is 3.29. The van der Waals surface area contributed by atoms with Gasteiger partial charge in [0.2, 0.25) is 0 Å². The first-order valence-corrected chi connectivity index (χ1v) is 6.96. The van der Waals surface area contributed by atoms with Gasteiger partial charge in [0.25, 0.3) is 0 Å². The van der Waals surface area contributed by atoms with E-state index < -0.39 is 0 Å². The summed E-state index contributed by atoms with van der Waals surface area (Å²) in [6.07, 6.45) is 1.68. The lowest BCUT2D eigenvalue weighted by Gasteiger charge is -2.20. The van der Waals surface area contributed by atoms with E-state index in [-0.39, 0.29) is 5.41 Å². The summed E-state index contributed by atoms with van der Waals surface area (Å²) in [4.78, 5) is 9.25. The molecule has 2 heterocycles. The van der Waals surface area contributed by atoms with Gasteiger partial charge >= 0.3 is 0 Å². The zero-order valence-corrected chi connectivity index (χ0v) is 13.5. The molecule has 0 spiro atoms. The highest BCUT2D eigenvalue weighted by molar-refractivity contribution is 5.57. The molecule has 0 aliphatic heterocycles. The highest BCUT2D eigenvalue weighted by Crippen LogP contribution is 2.26. The molecule has 0 bridgehead atoms. The molecule has 0 radical (unpaired) electrons. The summed E-state index contributed by atoms with van der Waals surface area (Å²) in [5.41, 5.74) is 0.883. The summed E-state index contributed by atoms with van der Waals surface area (Å²) in [7, 11) is 3.79. The van der Waals surface area contributed by atoms with Gasteiger partial charge < -0.3 is 15.2 Å². The fourth-order valence-electron chi connectivity index (χ4n) is 1.90. The van der Waals surface area contributed by atoms with E-state index in [0.717, 1.165) is 28.8 Å². The Balaban J connectivity index is 2.31. The number of aryl methyl sites for hydroxylation is 1. The van der Waals surface area contributed by atoms with E-state index in [9.17, 15) is 0 Å². The Morgan fingerprint density at radius 1 is 1.19 bits per heavy atom. The molecule has 0 aliphatic carbocycles. The molecule has 2 aromatic heterocycles. The van der Waals surface area contributed by atoms with Crippen molar-refractivity contribution >= 4 is 11.6 Å². The van der Waals surface area contributed by atoms with Crippen LogP contribution < -0.4 is 10.6 Å². The molecule has 0 saturated carbocycles. The minimum atomic E-state index is -0.111. The van der Waals surface area contributed by atoms with Crippen molar-refractivity contribution in [2.75, 3.05) is 17.7 Å². The summed E-state index contributed by atoms with van der Waals surface area (Å²) in [6.45, 7) is 8.87. The maximum absolute atomic E-state index is 4.66. The topological polar surface area (TPSA) is 80.6 Å². The predicted molar refractivity (Wildman–Crippen MR) is 83.3 cm³/mol. The fraction of sp³-hybridized carbons (Fsp3) is 0.571. The molecule has 0 atom stereocenters. The number of nitrogens with one attached hydrogen (secondary N) is 2. The summed E-state index contributed by atoms with van der Waals surface area (Å²) >= 11 is 0. The second-order valence-electron chi connectivity index (χ2n) is 6.08. The summed E-state index contributed by atoms with van der Waals surface area (Å²) < 4.78 is 1.88. The number of anilines is 2. The lowest BCUT2D eigenvalue weighted by Crippen LogP contribution is -2.19. The Morgan fingerprint density at radius 3 is 2.38 bits per heavy atom. The second kappa shape index (κ2) is 5.67. The van der Waals surface area contributed by atoms with E-state index in [1.165, 1.54) is 0 Å². The van der Waals surface area contributed by atoms with Gasteiger partial charge in [-0.15, -0.1) is 10.2 Å². The molecular formula is C14H23N7. The number of hydrogen-bond donors (Lipinski definition) is 2. The van der Waals surface area contributed by atoms with Gasteiger partial charge in [-0.2, -0.15) is 0 Å². The third-order valence-electron chi connectivity index (χ3n) is 3.27.